The highest BCUT2D eigenvalue weighted by atomic mass is 32.2. The van der Waals surface area contributed by atoms with Crippen molar-refractivity contribution < 1.29 is 52.6 Å². The van der Waals surface area contributed by atoms with E-state index in [4.69, 9.17) is 14.2 Å². The van der Waals surface area contributed by atoms with Gasteiger partial charge >= 0.3 is 0 Å². The van der Waals surface area contributed by atoms with Crippen LogP contribution in [0.15, 0.2) is 121 Å². The number of hydrogen-bond acceptors (Lipinski definition) is 12. The zero-order valence-corrected chi connectivity index (χ0v) is 48.4. The van der Waals surface area contributed by atoms with Crippen molar-refractivity contribution in [2.24, 2.45) is 0 Å². The second-order valence-corrected chi connectivity index (χ2v) is 21.6. The zero-order valence-electron chi connectivity index (χ0n) is 47.6. The number of carbonyl (C=O) groups is 8. The molecule has 7 aromatic rings. The molecule has 0 N–H and O–H groups in total. The number of rotatable bonds is 22. The topological polar surface area (TPSA) is 177 Å². The predicted molar refractivity (Wildman–Crippen MR) is 323 cm³/mol. The highest BCUT2D eigenvalue weighted by molar-refractivity contribution is 7.99. The summed E-state index contributed by atoms with van der Waals surface area (Å²) in [5.74, 6) is -0.454. The lowest BCUT2D eigenvalue weighted by atomic mass is 9.83. The number of benzene rings is 7. The molecule has 0 aromatic heterocycles. The molecule has 0 unspecified atom stereocenters. The third-order valence-corrected chi connectivity index (χ3v) is 16.3. The van der Waals surface area contributed by atoms with Crippen molar-refractivity contribution in [2.45, 2.75) is 60.3 Å². The average molecular weight is 1140 g/mol. The zero-order chi connectivity index (χ0) is 58.7. The Bertz CT molecular complexity index is 3720. The van der Waals surface area contributed by atoms with Crippen molar-refractivity contribution in [1.29, 1.82) is 0 Å². The van der Waals surface area contributed by atoms with Crippen molar-refractivity contribution in [3.63, 3.8) is 0 Å². The molecular weight excluding hydrogens is 1070 g/mol. The molecule has 0 saturated heterocycles. The van der Waals surface area contributed by atoms with Crippen LogP contribution in [0.25, 0.3) is 37.9 Å². The lowest BCUT2D eigenvalue weighted by Crippen LogP contribution is -2.44. The quantitative estimate of drug-likeness (QED) is 0.0357. The molecule has 0 spiro atoms. The van der Waals surface area contributed by atoms with Gasteiger partial charge in [-0.15, -0.1) is 0 Å². The number of nitrogens with zero attached hydrogens (tertiary/aromatic N) is 4. The monoisotopic (exact) mass is 1140 g/mol. The average Bonchev–Trinajstić information content (AvgIpc) is 3.67. The van der Waals surface area contributed by atoms with Gasteiger partial charge in [-0.05, 0) is 120 Å². The fraction of sp³-hybridized carbons (Fsp3) is 0.313. The van der Waals surface area contributed by atoms with Crippen LogP contribution in [-0.4, -0.2) is 145 Å². The second-order valence-electron chi connectivity index (χ2n) is 20.3. The predicted octanol–water partition coefficient (Wildman–Crippen LogP) is 10.9. The summed E-state index contributed by atoms with van der Waals surface area (Å²) in [6.07, 6.45) is 5.50. The second kappa shape index (κ2) is 27.3. The minimum atomic E-state index is -0.359. The van der Waals surface area contributed by atoms with Crippen LogP contribution in [0, 0.1) is 20.8 Å². The molecule has 15 nitrogen and oxygen atoms in total. The molecule has 16 heteroatoms. The number of thioether (sulfide) groups is 1. The smallest absolute Gasteiger partial charge is 0.261 e. The molecule has 83 heavy (non-hydrogen) atoms. The van der Waals surface area contributed by atoms with Gasteiger partial charge in [0.05, 0.1) is 50.6 Å². The van der Waals surface area contributed by atoms with Crippen molar-refractivity contribution in [1.82, 2.24) is 19.6 Å². The van der Waals surface area contributed by atoms with Gasteiger partial charge in [0.1, 0.15) is 0 Å². The summed E-state index contributed by atoms with van der Waals surface area (Å²) in [6.45, 7) is 12.6. The van der Waals surface area contributed by atoms with Crippen LogP contribution in [0.3, 0.4) is 0 Å². The van der Waals surface area contributed by atoms with E-state index in [0.717, 1.165) is 90.0 Å². The Morgan fingerprint density at radius 2 is 1.01 bits per heavy atom. The van der Waals surface area contributed by atoms with Crippen LogP contribution in [-0.2, 0) is 30.2 Å². The SMILES string of the molecule is CC.Cc1ccc2cccc3c2c1C(=O)N(CCOCCCOCCN(C=O)C(=O)c1cccc2cccc(C)c12)C3=O.Cc1ccc2cccc3c2c1C(=O)N(CCSCCCOCCN1C(=O)C2=CCCc4cccc(c42)C1=O)C3=O. The van der Waals surface area contributed by atoms with E-state index in [0.29, 0.717) is 83.9 Å². The Morgan fingerprint density at radius 1 is 0.506 bits per heavy atom. The van der Waals surface area contributed by atoms with E-state index in [9.17, 15) is 38.4 Å². The summed E-state index contributed by atoms with van der Waals surface area (Å²) in [6, 6.07) is 35.8. The van der Waals surface area contributed by atoms with E-state index in [2.05, 4.69) is 0 Å². The van der Waals surface area contributed by atoms with Gasteiger partial charge < -0.3 is 14.2 Å². The Hall–Kier alpha value is -8.15. The first-order chi connectivity index (χ1) is 40.4. The number of carbonyl (C=O) groups excluding carboxylic acids is 8. The van der Waals surface area contributed by atoms with Gasteiger partial charge in [0.25, 0.3) is 41.4 Å². The van der Waals surface area contributed by atoms with Crippen LogP contribution in [0.4, 0.5) is 0 Å². The van der Waals surface area contributed by atoms with Gasteiger partial charge in [-0.3, -0.25) is 58.0 Å². The fourth-order valence-corrected chi connectivity index (χ4v) is 12.1. The molecule has 3 aliphatic heterocycles. The van der Waals surface area contributed by atoms with Gasteiger partial charge in [-0.2, -0.15) is 11.8 Å². The highest BCUT2D eigenvalue weighted by Crippen LogP contribution is 2.37. The van der Waals surface area contributed by atoms with E-state index >= 15 is 0 Å². The molecule has 428 valence electrons. The van der Waals surface area contributed by atoms with Crippen LogP contribution in [0.2, 0.25) is 0 Å². The van der Waals surface area contributed by atoms with Crippen molar-refractivity contribution >= 4 is 97.4 Å². The Kier molecular flexibility index (Phi) is 19.6. The number of amides is 8. The van der Waals surface area contributed by atoms with Crippen LogP contribution in [0.5, 0.6) is 0 Å². The maximum atomic E-state index is 13.2. The summed E-state index contributed by atoms with van der Waals surface area (Å²) < 4.78 is 17.0. The molecular formula is C67H68N4O11S. The van der Waals surface area contributed by atoms with E-state index < -0.39 is 0 Å². The molecule has 3 heterocycles. The van der Waals surface area contributed by atoms with E-state index in [1.807, 2.05) is 132 Å². The van der Waals surface area contributed by atoms with Gasteiger partial charge in [0, 0.05) is 76.3 Å². The Labute approximate surface area is 487 Å². The van der Waals surface area contributed by atoms with Crippen LogP contribution >= 0.6 is 11.8 Å². The first kappa shape index (κ1) is 59.5. The summed E-state index contributed by atoms with van der Waals surface area (Å²) >= 11 is 1.67. The summed E-state index contributed by atoms with van der Waals surface area (Å²) in [7, 11) is 0. The maximum absolute atomic E-state index is 13.2. The standard InChI is InChI=1S/C33H32N2O6.C32H30N2O5S.C2H6/c1-22-7-3-8-24-9-4-11-26(28(22)24)31(37)34(21-36)15-19-40-17-6-18-41-20-16-35-32(38)27-12-5-10-25-14-13-23(2)29(30(25)27)33(35)39;1-20-12-13-22-8-4-11-25-28(22)26(20)32(38)34(31(25)37)15-19-40-18-5-16-39-17-14-33-29(35)23-9-2-6-21-7-3-10-24(27(21)23)30(33)36;1-2/h3-5,7-14,21H,6,15-20H2,1-2H3;2,4,6,8-13H,3,5,7,14-19H2,1H3;1-2H3. The number of hydrogen-bond donors (Lipinski definition) is 0. The van der Waals surface area contributed by atoms with Gasteiger partial charge in [0.15, 0.2) is 0 Å². The summed E-state index contributed by atoms with van der Waals surface area (Å²) in [5, 5.41) is 5.06. The first-order valence-electron chi connectivity index (χ1n) is 28.4. The molecule has 4 aliphatic rings. The Balaban J connectivity index is 0.000000194. The molecule has 8 amide bonds. The Morgan fingerprint density at radius 3 is 1.63 bits per heavy atom. The first-order valence-corrected chi connectivity index (χ1v) is 29.6. The molecule has 0 saturated carbocycles. The highest BCUT2D eigenvalue weighted by Gasteiger charge is 2.38. The summed E-state index contributed by atoms with van der Waals surface area (Å²) in [4.78, 5) is 108. The van der Waals surface area contributed by atoms with Gasteiger partial charge in [0.2, 0.25) is 6.41 Å². The number of ether oxygens (including phenoxy) is 3. The van der Waals surface area contributed by atoms with Crippen molar-refractivity contribution in [3.8, 4) is 0 Å². The minimum absolute atomic E-state index is 0.137. The molecule has 7 aromatic carbocycles. The molecule has 11 rings (SSSR count). The van der Waals surface area contributed by atoms with Crippen LogP contribution < -0.4 is 0 Å². The number of allylic oxidation sites excluding steroid dienone is 1. The third-order valence-electron chi connectivity index (χ3n) is 15.3. The number of aryl methyl sites for hydroxylation is 4. The number of fused-ring (bicyclic) bond motifs is 1. The normalized spacial score (nSPS) is 14.1. The van der Waals surface area contributed by atoms with Gasteiger partial charge in [-0.25, -0.2) is 0 Å². The third kappa shape index (κ3) is 12.3. The summed E-state index contributed by atoms with van der Waals surface area (Å²) in [5.41, 5.74) is 8.61. The van der Waals surface area contributed by atoms with E-state index in [-0.39, 0.29) is 80.8 Å². The van der Waals surface area contributed by atoms with E-state index in [1.165, 1.54) is 14.7 Å². The number of imide groups is 4. The van der Waals surface area contributed by atoms with Crippen molar-refractivity contribution in [2.75, 3.05) is 77.3 Å². The van der Waals surface area contributed by atoms with Gasteiger partial charge in [-0.1, -0.05) is 111 Å². The molecule has 1 aliphatic carbocycles. The molecule has 0 atom stereocenters. The molecule has 0 radical (unpaired) electrons. The minimum Gasteiger partial charge on any atom is -0.380 e. The van der Waals surface area contributed by atoms with Crippen molar-refractivity contribution in [3.05, 3.63) is 183 Å². The fourth-order valence-electron chi connectivity index (χ4n) is 11.2. The van der Waals surface area contributed by atoms with Crippen LogP contribution in [0.1, 0.15) is 123 Å². The lowest BCUT2D eigenvalue weighted by molar-refractivity contribution is -0.123. The molecule has 0 fully saturated rings. The molecule has 0 bridgehead atoms. The van der Waals surface area contributed by atoms with E-state index in [1.54, 1.807) is 36.0 Å². The lowest BCUT2D eigenvalue weighted by Gasteiger charge is -2.31. The maximum Gasteiger partial charge on any atom is 0.261 e. The largest absolute Gasteiger partial charge is 0.380 e.